The average Bonchev–Trinajstić information content (AvgIpc) is 1.33. The highest BCUT2D eigenvalue weighted by atomic mass is 35.5. The van der Waals surface area contributed by atoms with Crippen LogP contribution in [0, 0.1) is 0 Å². The normalized spacial score (nSPS) is 7.71. The van der Waals surface area contributed by atoms with Gasteiger partial charge in [0.15, 0.2) is 0 Å². The van der Waals surface area contributed by atoms with Crippen molar-refractivity contribution in [2.24, 2.45) is 0 Å². The van der Waals surface area contributed by atoms with Crippen LogP contribution in [-0.4, -0.2) is 19.6 Å². The van der Waals surface area contributed by atoms with Crippen molar-refractivity contribution in [1.82, 2.24) is 0 Å². The molecule has 0 aliphatic heterocycles. The van der Waals surface area contributed by atoms with Crippen LogP contribution in [0.2, 0.25) is 0 Å². The first-order chi connectivity index (χ1) is 3.15. The Morgan fingerprint density at radius 2 is 1.29 bits per heavy atom. The molecule has 0 aromatic carbocycles. The van der Waals surface area contributed by atoms with E-state index in [9.17, 15) is 0 Å². The fraction of sp³-hybridized carbons (Fsp3) is 1.00. The second-order valence-electron chi connectivity index (χ2n) is 1.42. The van der Waals surface area contributed by atoms with Crippen LogP contribution in [0.1, 0.15) is 13.8 Å². The van der Waals surface area contributed by atoms with Crippen LogP contribution >= 0.6 is 11.6 Å². The first kappa shape index (κ1) is 10.3. The molecule has 0 radical (unpaired) electrons. The van der Waals surface area contributed by atoms with E-state index in [2.05, 4.69) is 4.74 Å². The van der Waals surface area contributed by atoms with Crippen LogP contribution in [0.5, 0.6) is 0 Å². The van der Waals surface area contributed by atoms with Crippen LogP contribution in [0.3, 0.4) is 0 Å². The number of methoxy groups -OCH3 is 1. The number of hydrogen-bond donors (Lipinski definition) is 0. The van der Waals surface area contributed by atoms with Gasteiger partial charge < -0.3 is 4.74 Å². The third-order valence-corrected chi connectivity index (χ3v) is 0. The van der Waals surface area contributed by atoms with Crippen molar-refractivity contribution in [3.8, 4) is 0 Å². The van der Waals surface area contributed by atoms with E-state index >= 15 is 0 Å². The van der Waals surface area contributed by atoms with E-state index in [1.807, 2.05) is 13.8 Å². The van der Waals surface area contributed by atoms with Crippen LogP contribution < -0.4 is 0 Å². The second kappa shape index (κ2) is 9.54. The van der Waals surface area contributed by atoms with E-state index in [0.717, 1.165) is 0 Å². The lowest BCUT2D eigenvalue weighted by Gasteiger charge is -1.76. The number of alkyl halides is 1. The predicted molar refractivity (Wildman–Crippen MR) is 33.9 cm³/mol. The SMILES string of the molecule is CC(C)Cl.COC. The summed E-state index contributed by atoms with van der Waals surface area (Å²) >= 11 is 5.27. The summed E-state index contributed by atoms with van der Waals surface area (Å²) in [6.07, 6.45) is 0. The molecule has 0 unspecified atom stereocenters. The van der Waals surface area contributed by atoms with Gasteiger partial charge in [-0.15, -0.1) is 11.6 Å². The summed E-state index contributed by atoms with van der Waals surface area (Å²) < 4.78 is 4.25. The maximum Gasteiger partial charge on any atom is 0.0351 e. The van der Waals surface area contributed by atoms with Gasteiger partial charge >= 0.3 is 0 Å². The van der Waals surface area contributed by atoms with E-state index in [1.165, 1.54) is 0 Å². The van der Waals surface area contributed by atoms with Gasteiger partial charge in [-0.2, -0.15) is 0 Å². The van der Waals surface area contributed by atoms with Gasteiger partial charge in [-0.3, -0.25) is 0 Å². The molecule has 0 heterocycles. The Morgan fingerprint density at radius 3 is 1.29 bits per heavy atom. The Hall–Kier alpha value is 0.250. The average molecular weight is 125 g/mol. The Kier molecular flexibility index (Phi) is 14.0. The lowest BCUT2D eigenvalue weighted by atomic mass is 10.6. The molecule has 7 heavy (non-hydrogen) atoms. The summed E-state index contributed by atoms with van der Waals surface area (Å²) in [6.45, 7) is 3.86. The molecule has 0 saturated carbocycles. The van der Waals surface area contributed by atoms with Crippen LogP contribution in [0.15, 0.2) is 0 Å². The molecule has 0 aliphatic rings. The number of halogens is 1. The van der Waals surface area contributed by atoms with E-state index in [1.54, 1.807) is 14.2 Å². The quantitative estimate of drug-likeness (QED) is 0.448. The van der Waals surface area contributed by atoms with Gasteiger partial charge in [0.1, 0.15) is 0 Å². The van der Waals surface area contributed by atoms with Crippen molar-refractivity contribution in [3.63, 3.8) is 0 Å². The lowest BCUT2D eigenvalue weighted by Crippen LogP contribution is -1.70. The smallest absolute Gasteiger partial charge is 0.0351 e. The Balaban J connectivity index is 0. The topological polar surface area (TPSA) is 9.23 Å². The monoisotopic (exact) mass is 124 g/mol. The fourth-order valence-corrected chi connectivity index (χ4v) is 0. The predicted octanol–water partition coefficient (Wildman–Crippen LogP) is 1.90. The van der Waals surface area contributed by atoms with Crippen molar-refractivity contribution in [1.29, 1.82) is 0 Å². The van der Waals surface area contributed by atoms with Crippen LogP contribution in [-0.2, 0) is 4.74 Å². The highest BCUT2D eigenvalue weighted by molar-refractivity contribution is 6.20. The van der Waals surface area contributed by atoms with E-state index in [0.29, 0.717) is 5.38 Å². The molecule has 0 aromatic rings. The standard InChI is InChI=1S/C3H7Cl.C2H6O/c1-3(2)4;1-3-2/h3H,1-2H3;1-2H3. The number of hydrogen-bond acceptors (Lipinski definition) is 1. The molecule has 0 amide bonds. The lowest BCUT2D eigenvalue weighted by molar-refractivity contribution is 0.277. The third-order valence-electron chi connectivity index (χ3n) is 0. The molecule has 0 bridgehead atoms. The number of rotatable bonds is 0. The van der Waals surface area contributed by atoms with Crippen LogP contribution in [0.4, 0.5) is 0 Å². The van der Waals surface area contributed by atoms with Crippen molar-refractivity contribution in [2.45, 2.75) is 19.2 Å². The summed E-state index contributed by atoms with van der Waals surface area (Å²) in [5.74, 6) is 0. The molecule has 2 heteroatoms. The summed E-state index contributed by atoms with van der Waals surface area (Å²) in [4.78, 5) is 0. The third kappa shape index (κ3) is 1810. The van der Waals surface area contributed by atoms with E-state index in [4.69, 9.17) is 11.6 Å². The van der Waals surface area contributed by atoms with E-state index in [-0.39, 0.29) is 0 Å². The molecule has 0 saturated heterocycles. The molecular formula is C5H13ClO. The van der Waals surface area contributed by atoms with Gasteiger partial charge in [0, 0.05) is 19.6 Å². The van der Waals surface area contributed by atoms with Crippen molar-refractivity contribution in [3.05, 3.63) is 0 Å². The molecule has 0 spiro atoms. The molecule has 0 aromatic heterocycles. The van der Waals surface area contributed by atoms with Crippen molar-refractivity contribution >= 4 is 11.6 Å². The molecule has 0 aliphatic carbocycles. The minimum atomic E-state index is 0.306. The molecule has 0 atom stereocenters. The zero-order valence-electron chi connectivity index (χ0n) is 5.36. The molecular weight excluding hydrogens is 112 g/mol. The second-order valence-corrected chi connectivity index (χ2v) is 2.29. The van der Waals surface area contributed by atoms with Gasteiger partial charge in [0.05, 0.1) is 0 Å². The maximum absolute atomic E-state index is 5.27. The minimum absolute atomic E-state index is 0.306. The molecule has 0 N–H and O–H groups in total. The maximum atomic E-state index is 5.27. The molecule has 46 valence electrons. The van der Waals surface area contributed by atoms with Crippen LogP contribution in [0.25, 0.3) is 0 Å². The summed E-state index contributed by atoms with van der Waals surface area (Å²) in [6, 6.07) is 0. The highest BCUT2D eigenvalue weighted by Gasteiger charge is 1.71. The first-order valence-electron chi connectivity index (χ1n) is 2.19. The first-order valence-corrected chi connectivity index (χ1v) is 2.63. The Bertz CT molecular complexity index is 19.3. The summed E-state index contributed by atoms with van der Waals surface area (Å²) in [5, 5.41) is 0.306. The largest absolute Gasteiger partial charge is 0.388 e. The van der Waals surface area contributed by atoms with Gasteiger partial charge in [-0.05, 0) is 13.8 Å². The summed E-state index contributed by atoms with van der Waals surface area (Å²) in [5.41, 5.74) is 0. The van der Waals surface area contributed by atoms with Crippen molar-refractivity contribution in [2.75, 3.05) is 14.2 Å². The molecule has 1 nitrogen and oxygen atoms in total. The van der Waals surface area contributed by atoms with E-state index < -0.39 is 0 Å². The number of ether oxygens (including phenoxy) is 1. The summed E-state index contributed by atoms with van der Waals surface area (Å²) in [7, 11) is 3.25. The fourth-order valence-electron chi connectivity index (χ4n) is 0. The van der Waals surface area contributed by atoms with Crippen molar-refractivity contribution < 1.29 is 4.74 Å². The Morgan fingerprint density at radius 1 is 1.29 bits per heavy atom. The van der Waals surface area contributed by atoms with Gasteiger partial charge in [0.25, 0.3) is 0 Å². The molecule has 0 rings (SSSR count). The van der Waals surface area contributed by atoms with Gasteiger partial charge in [-0.1, -0.05) is 0 Å². The highest BCUT2D eigenvalue weighted by Crippen LogP contribution is 1.84. The molecule has 0 fully saturated rings. The van der Waals surface area contributed by atoms with Gasteiger partial charge in [0.2, 0.25) is 0 Å². The van der Waals surface area contributed by atoms with Gasteiger partial charge in [-0.25, -0.2) is 0 Å². The zero-order valence-corrected chi connectivity index (χ0v) is 6.12. The minimum Gasteiger partial charge on any atom is -0.388 e. The zero-order chi connectivity index (χ0) is 6.28. The Labute approximate surface area is 50.6 Å².